The van der Waals surface area contributed by atoms with Crippen LogP contribution in [0.3, 0.4) is 0 Å². The highest BCUT2D eigenvalue weighted by Crippen LogP contribution is 2.67. The molecule has 0 aromatic heterocycles. The Morgan fingerprint density at radius 1 is 1.00 bits per heavy atom. The van der Waals surface area contributed by atoms with E-state index in [1.54, 1.807) is 5.57 Å². The molecule has 0 unspecified atom stereocenters. The van der Waals surface area contributed by atoms with Crippen molar-refractivity contribution in [2.45, 2.75) is 124 Å². The fraction of sp³-hybridized carbons (Fsp3) is 0.931. The minimum atomic E-state index is -0.493. The van der Waals surface area contributed by atoms with Gasteiger partial charge in [0.25, 0.3) is 0 Å². The Hall–Kier alpha value is -0.340. The molecule has 3 fully saturated rings. The molecule has 0 heterocycles. The molecule has 0 amide bonds. The third-order valence-electron chi connectivity index (χ3n) is 11.0. The molecule has 0 spiro atoms. The van der Waals surface area contributed by atoms with Gasteiger partial charge in [-0.05, 0) is 117 Å². The van der Waals surface area contributed by atoms with E-state index in [0.29, 0.717) is 16.7 Å². The second-order valence-electron chi connectivity index (χ2n) is 14.1. The Morgan fingerprint density at radius 3 is 2.39 bits per heavy atom. The average Bonchev–Trinajstić information content (AvgIpc) is 3.02. The summed E-state index contributed by atoms with van der Waals surface area (Å²) < 4.78 is 0. The molecule has 31 heavy (non-hydrogen) atoms. The Morgan fingerprint density at radius 2 is 1.71 bits per heavy atom. The van der Waals surface area contributed by atoms with Crippen molar-refractivity contribution in [2.24, 2.45) is 45.8 Å². The normalized spacial score (nSPS) is 47.1. The van der Waals surface area contributed by atoms with Crippen molar-refractivity contribution in [1.29, 1.82) is 0 Å². The van der Waals surface area contributed by atoms with Gasteiger partial charge in [-0.1, -0.05) is 53.2 Å². The summed E-state index contributed by atoms with van der Waals surface area (Å²) in [7, 11) is 0. The van der Waals surface area contributed by atoms with E-state index in [9.17, 15) is 10.2 Å². The molecule has 4 aliphatic carbocycles. The van der Waals surface area contributed by atoms with Crippen LogP contribution in [0.1, 0.15) is 113 Å². The van der Waals surface area contributed by atoms with E-state index in [2.05, 4.69) is 47.6 Å². The number of allylic oxidation sites excluding steroid dienone is 1. The highest BCUT2D eigenvalue weighted by molar-refractivity contribution is 5.26. The van der Waals surface area contributed by atoms with Gasteiger partial charge in [-0.3, -0.25) is 0 Å². The highest BCUT2D eigenvalue weighted by atomic mass is 16.3. The summed E-state index contributed by atoms with van der Waals surface area (Å²) in [5.41, 5.74) is 1.88. The molecule has 2 heteroatoms. The van der Waals surface area contributed by atoms with Crippen LogP contribution in [0.5, 0.6) is 0 Å². The summed E-state index contributed by atoms with van der Waals surface area (Å²) in [4.78, 5) is 0. The van der Waals surface area contributed by atoms with E-state index >= 15 is 0 Å². The van der Waals surface area contributed by atoms with E-state index in [-0.39, 0.29) is 11.5 Å². The topological polar surface area (TPSA) is 40.5 Å². The van der Waals surface area contributed by atoms with Crippen molar-refractivity contribution >= 4 is 0 Å². The van der Waals surface area contributed by atoms with E-state index in [1.807, 2.05) is 6.92 Å². The second-order valence-corrected chi connectivity index (χ2v) is 14.1. The van der Waals surface area contributed by atoms with Gasteiger partial charge in [0.1, 0.15) is 0 Å². The first kappa shape index (κ1) is 23.8. The summed E-state index contributed by atoms with van der Waals surface area (Å²) in [6.07, 6.45) is 14.3. The molecule has 2 N–H and O–H groups in total. The predicted octanol–water partition coefficient (Wildman–Crippen LogP) is 7.14. The second kappa shape index (κ2) is 7.86. The van der Waals surface area contributed by atoms with Crippen molar-refractivity contribution < 1.29 is 10.2 Å². The number of hydrogen-bond acceptors (Lipinski definition) is 2. The highest BCUT2D eigenvalue weighted by Gasteiger charge is 2.59. The van der Waals surface area contributed by atoms with E-state index in [1.165, 1.54) is 38.5 Å². The molecule has 0 aliphatic heterocycles. The summed E-state index contributed by atoms with van der Waals surface area (Å²) in [6, 6.07) is 0. The first-order chi connectivity index (χ1) is 14.3. The van der Waals surface area contributed by atoms with Crippen LogP contribution in [0.25, 0.3) is 0 Å². The lowest BCUT2D eigenvalue weighted by molar-refractivity contribution is -0.0712. The zero-order chi connectivity index (χ0) is 22.8. The molecule has 9 atom stereocenters. The Kier molecular flexibility index (Phi) is 6.04. The number of aliphatic hydroxyl groups excluding tert-OH is 1. The van der Waals surface area contributed by atoms with Gasteiger partial charge in [-0.25, -0.2) is 0 Å². The number of fused-ring (bicyclic) bond motifs is 5. The zero-order valence-electron chi connectivity index (χ0n) is 21.5. The monoisotopic (exact) mass is 430 g/mol. The molecular weight excluding hydrogens is 380 g/mol. The van der Waals surface area contributed by atoms with Crippen LogP contribution in [-0.2, 0) is 0 Å². The summed E-state index contributed by atoms with van der Waals surface area (Å²) in [5, 5.41) is 21.3. The van der Waals surface area contributed by atoms with Crippen LogP contribution >= 0.6 is 0 Å². The fourth-order valence-corrected chi connectivity index (χ4v) is 8.83. The van der Waals surface area contributed by atoms with Gasteiger partial charge in [0.2, 0.25) is 0 Å². The Labute approximate surface area is 192 Å². The first-order valence-electron chi connectivity index (χ1n) is 13.4. The first-order valence-corrected chi connectivity index (χ1v) is 13.4. The smallest absolute Gasteiger partial charge is 0.0657 e. The molecule has 178 valence electrons. The third-order valence-corrected chi connectivity index (χ3v) is 11.0. The molecule has 4 aliphatic rings. The predicted molar refractivity (Wildman–Crippen MR) is 130 cm³/mol. The number of hydrogen-bond donors (Lipinski definition) is 2. The summed E-state index contributed by atoms with van der Waals surface area (Å²) in [6.45, 7) is 16.2. The lowest BCUT2D eigenvalue weighted by Crippen LogP contribution is -2.52. The molecule has 4 rings (SSSR count). The lowest BCUT2D eigenvalue weighted by Gasteiger charge is -2.59. The maximum absolute atomic E-state index is 10.7. The SMILES string of the molecule is C[C@H](CC[C@H](O)C(C)(C)C)[C@H]1CC[C@H]2[C@@H]3CC=C4C[C@@](C)(O)CC[C@]4(C)[C@H]3CC[C@]12C. The molecule has 0 aromatic rings. The van der Waals surface area contributed by atoms with Crippen LogP contribution in [-0.4, -0.2) is 21.9 Å². The largest absolute Gasteiger partial charge is 0.393 e. The zero-order valence-corrected chi connectivity index (χ0v) is 21.5. The van der Waals surface area contributed by atoms with Crippen molar-refractivity contribution in [3.8, 4) is 0 Å². The number of aliphatic hydroxyl groups is 2. The minimum absolute atomic E-state index is 0.00782. The lowest BCUT2D eigenvalue weighted by atomic mass is 9.46. The molecule has 0 radical (unpaired) electrons. The van der Waals surface area contributed by atoms with Crippen molar-refractivity contribution in [1.82, 2.24) is 0 Å². The van der Waals surface area contributed by atoms with Gasteiger partial charge in [0, 0.05) is 0 Å². The summed E-state index contributed by atoms with van der Waals surface area (Å²) >= 11 is 0. The van der Waals surface area contributed by atoms with Gasteiger partial charge < -0.3 is 10.2 Å². The quantitative estimate of drug-likeness (QED) is 0.465. The molecule has 0 aromatic carbocycles. The Balaban J connectivity index is 1.48. The van der Waals surface area contributed by atoms with Crippen molar-refractivity contribution in [3.05, 3.63) is 11.6 Å². The van der Waals surface area contributed by atoms with Crippen LogP contribution in [0, 0.1) is 45.8 Å². The third kappa shape index (κ3) is 4.07. The van der Waals surface area contributed by atoms with Crippen molar-refractivity contribution in [3.63, 3.8) is 0 Å². The van der Waals surface area contributed by atoms with Crippen molar-refractivity contribution in [2.75, 3.05) is 0 Å². The fourth-order valence-electron chi connectivity index (χ4n) is 8.83. The van der Waals surface area contributed by atoms with E-state index < -0.39 is 5.60 Å². The summed E-state index contributed by atoms with van der Waals surface area (Å²) in [5.74, 6) is 4.05. The van der Waals surface area contributed by atoms with Gasteiger partial charge in [-0.2, -0.15) is 0 Å². The van der Waals surface area contributed by atoms with Gasteiger partial charge in [0.05, 0.1) is 11.7 Å². The van der Waals surface area contributed by atoms with E-state index in [4.69, 9.17) is 0 Å². The Bertz CT molecular complexity index is 700. The maximum Gasteiger partial charge on any atom is 0.0657 e. The molecule has 2 nitrogen and oxygen atoms in total. The molecule has 3 saturated carbocycles. The number of rotatable bonds is 4. The molecule has 0 saturated heterocycles. The average molecular weight is 431 g/mol. The molecular formula is C29H50O2. The van der Waals surface area contributed by atoms with Crippen LogP contribution in [0.4, 0.5) is 0 Å². The van der Waals surface area contributed by atoms with Crippen LogP contribution < -0.4 is 0 Å². The van der Waals surface area contributed by atoms with Gasteiger partial charge in [0.15, 0.2) is 0 Å². The standard InChI is InChI=1S/C29H50O2/c1-19(8-13-25(30)26(2,3)4)22-11-12-23-21-10-9-20-18-27(5,31)16-17-28(20,6)24(21)14-15-29(22,23)7/h9,19,21-25,30-31H,8,10-18H2,1-7H3/t19-,21+,22-,23+,24+,25+,27+,28+,29-/m1/s1. The van der Waals surface area contributed by atoms with Gasteiger partial charge >= 0.3 is 0 Å². The van der Waals surface area contributed by atoms with E-state index in [0.717, 1.165) is 49.4 Å². The minimum Gasteiger partial charge on any atom is -0.393 e. The van der Waals surface area contributed by atoms with Gasteiger partial charge in [-0.15, -0.1) is 0 Å². The van der Waals surface area contributed by atoms with Crippen LogP contribution in [0.2, 0.25) is 0 Å². The maximum atomic E-state index is 10.7. The van der Waals surface area contributed by atoms with Crippen LogP contribution in [0.15, 0.2) is 11.6 Å². The molecule has 0 bridgehead atoms.